The minimum absolute atomic E-state index is 0.0717. The van der Waals surface area contributed by atoms with Gasteiger partial charge in [0.25, 0.3) is 0 Å². The van der Waals surface area contributed by atoms with Crippen molar-refractivity contribution in [2.45, 2.75) is 32.1 Å². The Hall–Kier alpha value is -1.77. The summed E-state index contributed by atoms with van der Waals surface area (Å²) in [5.74, 6) is 2.30. The van der Waals surface area contributed by atoms with Crippen molar-refractivity contribution in [1.82, 2.24) is 5.32 Å². The van der Waals surface area contributed by atoms with E-state index in [2.05, 4.69) is 29.6 Å². The van der Waals surface area contributed by atoms with Gasteiger partial charge >= 0.3 is 0 Å². The standard InChI is InChI=1S/C16H19NO2/c1-2-16(18)17-8-6-11-10-14(11)12-4-3-5-15-13(12)7-9-19-15/h3-6,8,11,14H,2,7,9-10H2,1H3,(H,17,18)/t11-,14-/m1/s1. The smallest absolute Gasteiger partial charge is 0.223 e. The molecule has 3 heteroatoms. The molecule has 1 saturated carbocycles. The summed E-state index contributed by atoms with van der Waals surface area (Å²) in [6.45, 7) is 2.67. The summed E-state index contributed by atoms with van der Waals surface area (Å²) in [6, 6.07) is 6.36. The largest absolute Gasteiger partial charge is 0.493 e. The number of ether oxygens (including phenoxy) is 1. The van der Waals surface area contributed by atoms with Crippen LogP contribution in [0.15, 0.2) is 30.5 Å². The number of benzene rings is 1. The van der Waals surface area contributed by atoms with Gasteiger partial charge in [-0.05, 0) is 29.9 Å². The maximum Gasteiger partial charge on any atom is 0.223 e. The van der Waals surface area contributed by atoms with Gasteiger partial charge in [-0.25, -0.2) is 0 Å². The van der Waals surface area contributed by atoms with Crippen LogP contribution in [0.2, 0.25) is 0 Å². The number of hydrogen-bond donors (Lipinski definition) is 1. The lowest BCUT2D eigenvalue weighted by Gasteiger charge is -2.05. The van der Waals surface area contributed by atoms with Crippen LogP contribution in [0.25, 0.3) is 0 Å². The van der Waals surface area contributed by atoms with Gasteiger partial charge < -0.3 is 10.1 Å². The highest BCUT2D eigenvalue weighted by molar-refractivity contribution is 5.76. The molecule has 1 aromatic carbocycles. The Kier molecular flexibility index (Phi) is 3.28. The summed E-state index contributed by atoms with van der Waals surface area (Å²) in [5, 5.41) is 2.78. The second kappa shape index (κ2) is 5.08. The first-order valence-corrected chi connectivity index (χ1v) is 7.00. The average Bonchev–Trinajstić information content (AvgIpc) is 3.02. The Morgan fingerprint density at radius 3 is 3.26 bits per heavy atom. The lowest BCUT2D eigenvalue weighted by Crippen LogP contribution is -2.14. The molecule has 1 heterocycles. The third-order valence-corrected chi connectivity index (χ3v) is 3.93. The van der Waals surface area contributed by atoms with Crippen molar-refractivity contribution < 1.29 is 9.53 Å². The van der Waals surface area contributed by atoms with E-state index in [0.717, 1.165) is 18.8 Å². The number of amides is 1. The molecule has 2 atom stereocenters. The predicted molar refractivity (Wildman–Crippen MR) is 74.1 cm³/mol. The first-order chi connectivity index (χ1) is 9.29. The zero-order valence-corrected chi connectivity index (χ0v) is 11.2. The van der Waals surface area contributed by atoms with E-state index in [9.17, 15) is 4.79 Å². The SMILES string of the molecule is CCC(=O)NC=C[C@@H]1C[C@H]1c1cccc2c1CCO2. The van der Waals surface area contributed by atoms with E-state index in [1.165, 1.54) is 17.5 Å². The van der Waals surface area contributed by atoms with Crippen LogP contribution in [0.4, 0.5) is 0 Å². The molecule has 1 aromatic rings. The quantitative estimate of drug-likeness (QED) is 0.900. The summed E-state index contributed by atoms with van der Waals surface area (Å²) < 4.78 is 5.60. The molecule has 0 aromatic heterocycles. The fourth-order valence-electron chi connectivity index (χ4n) is 2.75. The van der Waals surface area contributed by atoms with E-state index in [0.29, 0.717) is 18.3 Å². The first kappa shape index (κ1) is 12.3. The molecule has 1 amide bonds. The summed E-state index contributed by atoms with van der Waals surface area (Å²) in [5.41, 5.74) is 2.83. The molecule has 1 fully saturated rings. The second-order valence-corrected chi connectivity index (χ2v) is 5.21. The van der Waals surface area contributed by atoms with Gasteiger partial charge in [0.05, 0.1) is 6.61 Å². The van der Waals surface area contributed by atoms with Crippen molar-refractivity contribution in [2.75, 3.05) is 6.61 Å². The number of hydrogen-bond acceptors (Lipinski definition) is 2. The number of carbonyl (C=O) groups is 1. The van der Waals surface area contributed by atoms with Gasteiger partial charge in [-0.1, -0.05) is 25.1 Å². The minimum Gasteiger partial charge on any atom is -0.493 e. The van der Waals surface area contributed by atoms with Crippen LogP contribution in [0.3, 0.4) is 0 Å². The van der Waals surface area contributed by atoms with Gasteiger partial charge in [-0.15, -0.1) is 0 Å². The van der Waals surface area contributed by atoms with Crippen molar-refractivity contribution in [3.8, 4) is 5.75 Å². The van der Waals surface area contributed by atoms with E-state index in [1.54, 1.807) is 6.20 Å². The predicted octanol–water partition coefficient (Wildman–Crippen LogP) is 2.76. The molecule has 0 saturated heterocycles. The molecule has 3 nitrogen and oxygen atoms in total. The van der Waals surface area contributed by atoms with Crippen molar-refractivity contribution in [2.24, 2.45) is 5.92 Å². The van der Waals surface area contributed by atoms with E-state index < -0.39 is 0 Å². The maximum atomic E-state index is 11.1. The average molecular weight is 257 g/mol. The third kappa shape index (κ3) is 2.50. The molecular weight excluding hydrogens is 238 g/mol. The van der Waals surface area contributed by atoms with Crippen molar-refractivity contribution in [3.63, 3.8) is 0 Å². The number of rotatable bonds is 4. The van der Waals surface area contributed by atoms with Gasteiger partial charge in [-0.3, -0.25) is 4.79 Å². The van der Waals surface area contributed by atoms with Gasteiger partial charge in [0.1, 0.15) is 5.75 Å². The summed E-state index contributed by atoms with van der Waals surface area (Å²) in [4.78, 5) is 11.1. The highest BCUT2D eigenvalue weighted by Crippen LogP contribution is 2.51. The third-order valence-electron chi connectivity index (χ3n) is 3.93. The van der Waals surface area contributed by atoms with E-state index >= 15 is 0 Å². The number of nitrogens with one attached hydrogen (secondary N) is 1. The molecular formula is C16H19NO2. The zero-order valence-electron chi connectivity index (χ0n) is 11.2. The summed E-state index contributed by atoms with van der Waals surface area (Å²) >= 11 is 0. The summed E-state index contributed by atoms with van der Waals surface area (Å²) in [7, 11) is 0. The molecule has 0 radical (unpaired) electrons. The fraction of sp³-hybridized carbons (Fsp3) is 0.438. The van der Waals surface area contributed by atoms with Gasteiger partial charge in [-0.2, -0.15) is 0 Å². The molecule has 0 bridgehead atoms. The number of allylic oxidation sites excluding steroid dienone is 1. The second-order valence-electron chi connectivity index (χ2n) is 5.21. The van der Waals surface area contributed by atoms with Gasteiger partial charge in [0.2, 0.25) is 5.91 Å². The van der Waals surface area contributed by atoms with Crippen LogP contribution in [0.5, 0.6) is 5.75 Å². The molecule has 0 unspecified atom stereocenters. The number of carbonyl (C=O) groups excluding carboxylic acids is 1. The normalized spacial score (nSPS) is 24.1. The fourth-order valence-corrected chi connectivity index (χ4v) is 2.75. The lowest BCUT2D eigenvalue weighted by atomic mass is 10.00. The first-order valence-electron chi connectivity index (χ1n) is 7.00. The van der Waals surface area contributed by atoms with Crippen molar-refractivity contribution >= 4 is 5.91 Å². The Balaban J connectivity index is 1.64. The lowest BCUT2D eigenvalue weighted by molar-refractivity contribution is -0.119. The van der Waals surface area contributed by atoms with Crippen molar-refractivity contribution in [1.29, 1.82) is 0 Å². The Morgan fingerprint density at radius 1 is 1.53 bits per heavy atom. The molecule has 1 aliphatic carbocycles. The van der Waals surface area contributed by atoms with E-state index in [4.69, 9.17) is 4.74 Å². The van der Waals surface area contributed by atoms with Crippen LogP contribution in [0, 0.1) is 5.92 Å². The molecule has 1 N–H and O–H groups in total. The molecule has 0 spiro atoms. The van der Waals surface area contributed by atoms with Crippen LogP contribution in [-0.2, 0) is 11.2 Å². The highest BCUT2D eigenvalue weighted by Gasteiger charge is 2.38. The zero-order chi connectivity index (χ0) is 13.2. The van der Waals surface area contributed by atoms with Gasteiger partial charge in [0.15, 0.2) is 0 Å². The van der Waals surface area contributed by atoms with Crippen LogP contribution in [-0.4, -0.2) is 12.5 Å². The Morgan fingerprint density at radius 2 is 2.42 bits per heavy atom. The topological polar surface area (TPSA) is 38.3 Å². The van der Waals surface area contributed by atoms with Crippen molar-refractivity contribution in [3.05, 3.63) is 41.6 Å². The van der Waals surface area contributed by atoms with Crippen LogP contribution < -0.4 is 10.1 Å². The molecule has 1 aliphatic heterocycles. The minimum atomic E-state index is 0.0717. The number of fused-ring (bicyclic) bond motifs is 1. The molecule has 2 aliphatic rings. The highest BCUT2D eigenvalue weighted by atomic mass is 16.5. The van der Waals surface area contributed by atoms with Gasteiger partial charge in [0, 0.05) is 24.6 Å². The Bertz CT molecular complexity index is 521. The van der Waals surface area contributed by atoms with E-state index in [1.807, 2.05) is 6.92 Å². The maximum absolute atomic E-state index is 11.1. The van der Waals surface area contributed by atoms with Crippen LogP contribution >= 0.6 is 0 Å². The molecule has 100 valence electrons. The summed E-state index contributed by atoms with van der Waals surface area (Å²) in [6.07, 6.45) is 6.66. The Labute approximate surface area is 113 Å². The molecule has 19 heavy (non-hydrogen) atoms. The molecule has 3 rings (SSSR count). The van der Waals surface area contributed by atoms with Crippen LogP contribution in [0.1, 0.15) is 36.8 Å². The van der Waals surface area contributed by atoms with E-state index in [-0.39, 0.29) is 5.91 Å². The monoisotopic (exact) mass is 257 g/mol.